The molecular formula is C28H30ClFN2O3. The maximum atomic E-state index is 13.5. The van der Waals surface area contributed by atoms with Gasteiger partial charge in [-0.05, 0) is 60.9 Å². The molecule has 184 valence electrons. The molecule has 3 aromatic carbocycles. The predicted octanol–water partition coefficient (Wildman–Crippen LogP) is 5.41. The Morgan fingerprint density at radius 3 is 2.31 bits per heavy atom. The van der Waals surface area contributed by atoms with E-state index in [9.17, 15) is 14.0 Å². The quantitative estimate of drug-likeness (QED) is 0.341. The highest BCUT2D eigenvalue weighted by atomic mass is 35.5. The number of halogens is 2. The smallest absolute Gasteiger partial charge is 0.243 e. The fourth-order valence-electron chi connectivity index (χ4n) is 3.72. The van der Waals surface area contributed by atoms with Gasteiger partial charge < -0.3 is 15.0 Å². The maximum Gasteiger partial charge on any atom is 0.243 e. The Morgan fingerprint density at radius 1 is 0.971 bits per heavy atom. The molecule has 0 aliphatic rings. The standard InChI is InChI=1S/C28H30ClFN2O3/c1-2-31-28(34)26(19-21-7-4-3-5-8-21)32(20-22-10-14-24(30)15-11-22)27(33)9-6-18-35-25-16-12-23(29)13-17-25/h3-5,7-8,10-17,26H,2,6,9,18-20H2,1H3,(H,31,34)/t26-/m0/s1. The van der Waals surface area contributed by atoms with Gasteiger partial charge in [-0.25, -0.2) is 4.39 Å². The van der Waals surface area contributed by atoms with Crippen LogP contribution in [0.25, 0.3) is 0 Å². The van der Waals surface area contributed by atoms with Crippen molar-refractivity contribution in [1.29, 1.82) is 0 Å². The Kier molecular flexibility index (Phi) is 10.1. The Morgan fingerprint density at radius 2 is 1.66 bits per heavy atom. The van der Waals surface area contributed by atoms with E-state index in [0.29, 0.717) is 36.8 Å². The molecule has 0 aliphatic carbocycles. The minimum atomic E-state index is -0.702. The third-order valence-corrected chi connectivity index (χ3v) is 5.76. The molecule has 7 heteroatoms. The van der Waals surface area contributed by atoms with Crippen molar-refractivity contribution in [3.63, 3.8) is 0 Å². The topological polar surface area (TPSA) is 58.6 Å². The molecule has 0 fully saturated rings. The zero-order valence-electron chi connectivity index (χ0n) is 19.8. The van der Waals surface area contributed by atoms with Gasteiger partial charge in [-0.3, -0.25) is 9.59 Å². The first-order chi connectivity index (χ1) is 17.0. The van der Waals surface area contributed by atoms with E-state index in [4.69, 9.17) is 16.3 Å². The molecule has 1 N–H and O–H groups in total. The zero-order chi connectivity index (χ0) is 25.0. The average Bonchev–Trinajstić information content (AvgIpc) is 2.87. The van der Waals surface area contributed by atoms with Crippen molar-refractivity contribution < 1.29 is 18.7 Å². The second kappa shape index (κ2) is 13.5. The van der Waals surface area contributed by atoms with Crippen LogP contribution in [0.15, 0.2) is 78.9 Å². The van der Waals surface area contributed by atoms with E-state index < -0.39 is 6.04 Å². The van der Waals surface area contributed by atoms with Crippen molar-refractivity contribution >= 4 is 23.4 Å². The lowest BCUT2D eigenvalue weighted by Gasteiger charge is -2.31. The largest absolute Gasteiger partial charge is 0.494 e. The lowest BCUT2D eigenvalue weighted by Crippen LogP contribution is -2.50. The van der Waals surface area contributed by atoms with E-state index in [0.717, 1.165) is 11.1 Å². The van der Waals surface area contributed by atoms with Crippen molar-refractivity contribution in [2.24, 2.45) is 0 Å². The third kappa shape index (κ3) is 8.41. The van der Waals surface area contributed by atoms with Crippen molar-refractivity contribution in [3.8, 4) is 5.75 Å². The molecule has 1 atom stereocenters. The first-order valence-corrected chi connectivity index (χ1v) is 12.1. The lowest BCUT2D eigenvalue weighted by atomic mass is 10.0. The van der Waals surface area contributed by atoms with E-state index in [1.165, 1.54) is 12.1 Å². The minimum Gasteiger partial charge on any atom is -0.494 e. The molecule has 0 aromatic heterocycles. The molecule has 2 amide bonds. The molecule has 0 unspecified atom stereocenters. The van der Waals surface area contributed by atoms with Crippen molar-refractivity contribution in [1.82, 2.24) is 10.2 Å². The summed E-state index contributed by atoms with van der Waals surface area (Å²) < 4.78 is 19.2. The van der Waals surface area contributed by atoms with Crippen LogP contribution in [-0.4, -0.2) is 35.9 Å². The van der Waals surface area contributed by atoms with Gasteiger partial charge in [-0.2, -0.15) is 0 Å². The summed E-state index contributed by atoms with van der Waals surface area (Å²) in [4.78, 5) is 28.1. The molecule has 35 heavy (non-hydrogen) atoms. The monoisotopic (exact) mass is 496 g/mol. The van der Waals surface area contributed by atoms with Gasteiger partial charge in [0.25, 0.3) is 0 Å². The normalized spacial score (nSPS) is 11.5. The number of carbonyl (C=O) groups excluding carboxylic acids is 2. The van der Waals surface area contributed by atoms with Crippen LogP contribution in [0.1, 0.15) is 30.9 Å². The number of hydrogen-bond acceptors (Lipinski definition) is 3. The zero-order valence-corrected chi connectivity index (χ0v) is 20.5. The summed E-state index contributed by atoms with van der Waals surface area (Å²) in [5, 5.41) is 3.48. The number of amides is 2. The number of hydrogen-bond donors (Lipinski definition) is 1. The number of benzene rings is 3. The number of nitrogens with zero attached hydrogens (tertiary/aromatic N) is 1. The molecule has 0 saturated heterocycles. The van der Waals surface area contributed by atoms with Gasteiger partial charge in [0, 0.05) is 31.0 Å². The van der Waals surface area contributed by atoms with Gasteiger partial charge in [-0.1, -0.05) is 54.1 Å². The molecule has 3 aromatic rings. The highest BCUT2D eigenvalue weighted by Gasteiger charge is 2.29. The van der Waals surface area contributed by atoms with Crippen molar-refractivity contribution in [2.45, 2.75) is 38.8 Å². The Balaban J connectivity index is 1.75. The van der Waals surface area contributed by atoms with Crippen LogP contribution >= 0.6 is 11.6 Å². The van der Waals surface area contributed by atoms with Crippen LogP contribution in [0.5, 0.6) is 5.75 Å². The average molecular weight is 497 g/mol. The van der Waals surface area contributed by atoms with Gasteiger partial charge in [0.05, 0.1) is 6.61 Å². The molecule has 0 bridgehead atoms. The van der Waals surface area contributed by atoms with Crippen LogP contribution in [0.3, 0.4) is 0 Å². The predicted molar refractivity (Wildman–Crippen MR) is 136 cm³/mol. The van der Waals surface area contributed by atoms with Crippen molar-refractivity contribution in [3.05, 3.63) is 101 Å². The molecule has 0 saturated carbocycles. The molecular weight excluding hydrogens is 467 g/mol. The maximum absolute atomic E-state index is 13.5. The molecule has 0 heterocycles. The first-order valence-electron chi connectivity index (χ1n) is 11.7. The molecule has 0 aliphatic heterocycles. The SMILES string of the molecule is CCNC(=O)[C@H](Cc1ccccc1)N(Cc1ccc(F)cc1)C(=O)CCCOc1ccc(Cl)cc1. The molecule has 0 radical (unpaired) electrons. The number of carbonyl (C=O) groups is 2. The Bertz CT molecular complexity index is 1080. The fraction of sp³-hybridized carbons (Fsp3) is 0.286. The van der Waals surface area contributed by atoms with Gasteiger partial charge in [0.1, 0.15) is 17.6 Å². The third-order valence-electron chi connectivity index (χ3n) is 5.51. The summed E-state index contributed by atoms with van der Waals surface area (Å²) in [6, 6.07) is 21.9. The molecule has 0 spiro atoms. The Labute approximate surface area is 210 Å². The first kappa shape index (κ1) is 26.2. The van der Waals surface area contributed by atoms with Crippen LogP contribution in [0, 0.1) is 5.82 Å². The van der Waals surface area contributed by atoms with Crippen LogP contribution < -0.4 is 10.1 Å². The van der Waals surface area contributed by atoms with E-state index in [-0.39, 0.29) is 30.6 Å². The molecule has 3 rings (SSSR count). The van der Waals surface area contributed by atoms with E-state index in [1.54, 1.807) is 41.3 Å². The van der Waals surface area contributed by atoms with Gasteiger partial charge in [0.2, 0.25) is 11.8 Å². The number of rotatable bonds is 12. The lowest BCUT2D eigenvalue weighted by molar-refractivity contribution is -0.141. The fourth-order valence-corrected chi connectivity index (χ4v) is 3.85. The van der Waals surface area contributed by atoms with Crippen LogP contribution in [0.2, 0.25) is 5.02 Å². The number of likely N-dealkylation sites (N-methyl/N-ethyl adjacent to an activating group) is 1. The van der Waals surface area contributed by atoms with E-state index >= 15 is 0 Å². The van der Waals surface area contributed by atoms with Crippen LogP contribution in [0.4, 0.5) is 4.39 Å². The second-order valence-corrected chi connectivity index (χ2v) is 8.59. The highest BCUT2D eigenvalue weighted by Crippen LogP contribution is 2.18. The van der Waals surface area contributed by atoms with Crippen LogP contribution in [-0.2, 0) is 22.6 Å². The number of nitrogens with one attached hydrogen (secondary N) is 1. The van der Waals surface area contributed by atoms with Gasteiger partial charge >= 0.3 is 0 Å². The van der Waals surface area contributed by atoms with E-state index in [1.807, 2.05) is 37.3 Å². The summed E-state index contributed by atoms with van der Waals surface area (Å²) in [5.41, 5.74) is 1.70. The van der Waals surface area contributed by atoms with Crippen molar-refractivity contribution in [2.75, 3.05) is 13.2 Å². The van der Waals surface area contributed by atoms with Gasteiger partial charge in [0.15, 0.2) is 0 Å². The summed E-state index contributed by atoms with van der Waals surface area (Å²) in [5.74, 6) is -0.0599. The second-order valence-electron chi connectivity index (χ2n) is 8.15. The number of ether oxygens (including phenoxy) is 1. The van der Waals surface area contributed by atoms with Gasteiger partial charge in [-0.15, -0.1) is 0 Å². The molecule has 5 nitrogen and oxygen atoms in total. The van der Waals surface area contributed by atoms with E-state index in [2.05, 4.69) is 5.32 Å². The highest BCUT2D eigenvalue weighted by molar-refractivity contribution is 6.30. The summed E-state index contributed by atoms with van der Waals surface area (Å²) in [6.07, 6.45) is 1.06. The summed E-state index contributed by atoms with van der Waals surface area (Å²) in [6.45, 7) is 2.85. The summed E-state index contributed by atoms with van der Waals surface area (Å²) >= 11 is 5.90. The Hall–Kier alpha value is -3.38. The summed E-state index contributed by atoms with van der Waals surface area (Å²) in [7, 11) is 0. The minimum absolute atomic E-state index is 0.166.